The fourth-order valence-electron chi connectivity index (χ4n) is 4.73. The van der Waals surface area contributed by atoms with Gasteiger partial charge in [-0.15, -0.1) is 0 Å². The molecule has 4 heterocycles. The molecule has 0 saturated carbocycles. The van der Waals surface area contributed by atoms with Crippen LogP contribution >= 0.6 is 0 Å². The summed E-state index contributed by atoms with van der Waals surface area (Å²) in [5.41, 5.74) is -0.228. The van der Waals surface area contributed by atoms with Gasteiger partial charge in [-0.1, -0.05) is 6.92 Å². The van der Waals surface area contributed by atoms with Crippen LogP contribution in [0.5, 0.6) is 5.75 Å². The first kappa shape index (κ1) is 25.2. The van der Waals surface area contributed by atoms with Crippen LogP contribution in [0.1, 0.15) is 43.9 Å². The second kappa shape index (κ2) is 9.12. The maximum absolute atomic E-state index is 14.6. The van der Waals surface area contributed by atoms with Crippen molar-refractivity contribution in [1.29, 1.82) is 0 Å². The largest absolute Gasteiger partial charge is 0.510 e. The molecule has 0 unspecified atom stereocenters. The summed E-state index contributed by atoms with van der Waals surface area (Å²) in [6, 6.07) is 5.80. The molecule has 5 rings (SSSR count). The second-order valence-electron chi connectivity index (χ2n) is 9.20. The van der Waals surface area contributed by atoms with Gasteiger partial charge in [0.25, 0.3) is 5.56 Å². The number of rotatable bonds is 4. The summed E-state index contributed by atoms with van der Waals surface area (Å²) < 4.78 is 37.0. The van der Waals surface area contributed by atoms with Gasteiger partial charge in [0.1, 0.15) is 6.61 Å². The Morgan fingerprint density at radius 1 is 1.24 bits per heavy atom. The van der Waals surface area contributed by atoms with Gasteiger partial charge < -0.3 is 28.8 Å². The smallest absolute Gasteiger partial charge is 0.457 e. The summed E-state index contributed by atoms with van der Waals surface area (Å²) in [5.74, 6) is -1.87. The van der Waals surface area contributed by atoms with Crippen molar-refractivity contribution in [2.45, 2.75) is 52.0 Å². The molecule has 11 nitrogen and oxygen atoms in total. The number of carbonyl (C=O) groups excluding carboxylic acids is 3. The standard InChI is InChI=1S/C26H24FN3O8/c1-5-26(38-25(34)36-12(2)3)16-8-19-21-14(10-30(19)22(31)15(16)11-35-23(26)32)6-13-7-20(37-24(33)28-4)17(27)9-18(13)29-21/h6-9,12H,5,10-11H2,1-4H3,(H,28,33)/t26-/m0/s1. The number of fused-ring (bicyclic) bond motifs is 5. The maximum Gasteiger partial charge on any atom is 0.510 e. The van der Waals surface area contributed by atoms with Crippen molar-refractivity contribution < 1.29 is 37.7 Å². The molecule has 0 aliphatic carbocycles. The van der Waals surface area contributed by atoms with E-state index < -0.39 is 41.3 Å². The number of amides is 1. The van der Waals surface area contributed by atoms with Crippen LogP contribution in [-0.2, 0) is 37.8 Å². The molecule has 198 valence electrons. The number of aromatic nitrogens is 2. The van der Waals surface area contributed by atoms with E-state index in [2.05, 4.69) is 10.3 Å². The lowest BCUT2D eigenvalue weighted by molar-refractivity contribution is -0.176. The Bertz CT molecular complexity index is 1580. The van der Waals surface area contributed by atoms with Crippen LogP contribution in [0.3, 0.4) is 0 Å². The highest BCUT2D eigenvalue weighted by Crippen LogP contribution is 2.41. The monoisotopic (exact) mass is 525 g/mol. The minimum atomic E-state index is -1.88. The highest BCUT2D eigenvalue weighted by Gasteiger charge is 2.51. The van der Waals surface area contributed by atoms with Gasteiger partial charge in [0, 0.05) is 29.6 Å². The number of carbonyl (C=O) groups is 3. The van der Waals surface area contributed by atoms with Crippen molar-refractivity contribution in [3.63, 3.8) is 0 Å². The second-order valence-corrected chi connectivity index (χ2v) is 9.20. The first-order valence-electron chi connectivity index (χ1n) is 11.9. The first-order chi connectivity index (χ1) is 18.1. The normalized spacial score (nSPS) is 17.4. The number of hydrogen-bond donors (Lipinski definition) is 1. The van der Waals surface area contributed by atoms with Crippen molar-refractivity contribution in [1.82, 2.24) is 14.9 Å². The fourth-order valence-corrected chi connectivity index (χ4v) is 4.73. The zero-order valence-corrected chi connectivity index (χ0v) is 21.0. The fraction of sp³-hybridized carbons (Fsp3) is 0.346. The summed E-state index contributed by atoms with van der Waals surface area (Å²) in [7, 11) is 1.36. The average molecular weight is 525 g/mol. The Morgan fingerprint density at radius 2 is 2.00 bits per heavy atom. The minimum absolute atomic E-state index is 0.00769. The lowest BCUT2D eigenvalue weighted by Crippen LogP contribution is -2.47. The summed E-state index contributed by atoms with van der Waals surface area (Å²) in [5, 5.41) is 2.75. The van der Waals surface area contributed by atoms with E-state index in [4.69, 9.17) is 18.9 Å². The molecule has 1 aromatic carbocycles. The first-order valence-corrected chi connectivity index (χ1v) is 11.9. The Hall–Kier alpha value is -4.48. The third-order valence-corrected chi connectivity index (χ3v) is 6.53. The van der Waals surface area contributed by atoms with Crippen LogP contribution in [0.25, 0.3) is 22.3 Å². The third kappa shape index (κ3) is 3.92. The van der Waals surface area contributed by atoms with Gasteiger partial charge in [-0.3, -0.25) is 4.79 Å². The van der Waals surface area contributed by atoms with Gasteiger partial charge in [0.05, 0.1) is 35.1 Å². The van der Waals surface area contributed by atoms with E-state index >= 15 is 0 Å². The van der Waals surface area contributed by atoms with Gasteiger partial charge in [-0.2, -0.15) is 0 Å². The third-order valence-electron chi connectivity index (χ3n) is 6.53. The van der Waals surface area contributed by atoms with E-state index in [1.165, 1.54) is 17.7 Å². The van der Waals surface area contributed by atoms with Crippen molar-refractivity contribution >= 4 is 29.1 Å². The number of halogens is 1. The predicted molar refractivity (Wildman–Crippen MR) is 130 cm³/mol. The molecule has 1 N–H and O–H groups in total. The molecule has 0 saturated heterocycles. The van der Waals surface area contributed by atoms with Crippen molar-refractivity contribution in [2.75, 3.05) is 7.05 Å². The van der Waals surface area contributed by atoms with E-state index in [1.54, 1.807) is 32.9 Å². The van der Waals surface area contributed by atoms with Gasteiger partial charge >= 0.3 is 18.2 Å². The van der Waals surface area contributed by atoms with Gasteiger partial charge in [-0.25, -0.2) is 23.8 Å². The van der Waals surface area contributed by atoms with Crippen LogP contribution in [0, 0.1) is 5.82 Å². The SMILES string of the molecule is CC[C@@]1(OC(=O)OC(C)C)C(=O)OCc2c1cc1n(c2=O)Cc2cc3cc(OC(=O)NC)c(F)cc3nc2-1. The topological polar surface area (TPSA) is 135 Å². The number of esters is 1. The number of pyridine rings is 2. The van der Waals surface area contributed by atoms with E-state index in [0.29, 0.717) is 22.3 Å². The molecule has 0 spiro atoms. The van der Waals surface area contributed by atoms with Crippen molar-refractivity contribution in [3.8, 4) is 17.1 Å². The van der Waals surface area contributed by atoms with E-state index in [1.807, 2.05) is 0 Å². The van der Waals surface area contributed by atoms with Gasteiger partial charge in [0.2, 0.25) is 5.60 Å². The summed E-state index contributed by atoms with van der Waals surface area (Å²) in [6.07, 6.45) is -2.39. The van der Waals surface area contributed by atoms with Gasteiger partial charge in [0.15, 0.2) is 11.6 Å². The molecule has 38 heavy (non-hydrogen) atoms. The van der Waals surface area contributed by atoms with Gasteiger partial charge in [-0.05, 0) is 38.5 Å². The van der Waals surface area contributed by atoms with Crippen LogP contribution in [0.4, 0.5) is 14.0 Å². The molecule has 0 bridgehead atoms. The lowest BCUT2D eigenvalue weighted by atomic mass is 9.85. The number of benzene rings is 1. The lowest BCUT2D eigenvalue weighted by Gasteiger charge is -2.35. The summed E-state index contributed by atoms with van der Waals surface area (Å²) >= 11 is 0. The molecular formula is C26H24FN3O8. The van der Waals surface area contributed by atoms with Crippen LogP contribution in [0.2, 0.25) is 0 Å². The van der Waals surface area contributed by atoms with E-state index in [-0.39, 0.29) is 42.0 Å². The Labute approximate surface area is 215 Å². The molecule has 0 radical (unpaired) electrons. The average Bonchev–Trinajstić information content (AvgIpc) is 3.22. The summed E-state index contributed by atoms with van der Waals surface area (Å²) in [6.45, 7) is 4.77. The Balaban J connectivity index is 1.65. The maximum atomic E-state index is 14.6. The van der Waals surface area contributed by atoms with Crippen LogP contribution in [-0.4, -0.2) is 40.9 Å². The number of hydrogen-bond acceptors (Lipinski definition) is 9. The summed E-state index contributed by atoms with van der Waals surface area (Å²) in [4.78, 5) is 55.1. The number of nitrogens with zero attached hydrogens (tertiary/aromatic N) is 2. The Morgan fingerprint density at radius 3 is 2.68 bits per heavy atom. The zero-order chi connectivity index (χ0) is 27.4. The van der Waals surface area contributed by atoms with Crippen molar-refractivity contribution in [2.24, 2.45) is 0 Å². The zero-order valence-electron chi connectivity index (χ0n) is 21.0. The minimum Gasteiger partial charge on any atom is -0.457 e. The van der Waals surface area contributed by atoms with E-state index in [9.17, 15) is 23.6 Å². The molecule has 2 aromatic heterocycles. The number of cyclic esters (lactones) is 1. The van der Waals surface area contributed by atoms with Crippen LogP contribution in [0.15, 0.2) is 29.1 Å². The number of ether oxygens (including phenoxy) is 4. The number of nitrogens with one attached hydrogen (secondary N) is 1. The molecule has 0 fully saturated rings. The Kier molecular flexibility index (Phi) is 6.04. The molecule has 12 heteroatoms. The van der Waals surface area contributed by atoms with E-state index in [0.717, 1.165) is 6.07 Å². The van der Waals surface area contributed by atoms with Crippen molar-refractivity contribution in [3.05, 3.63) is 57.1 Å². The quantitative estimate of drug-likeness (QED) is 0.397. The molecule has 1 amide bonds. The molecule has 2 aliphatic heterocycles. The van der Waals surface area contributed by atoms with Crippen LogP contribution < -0.4 is 15.6 Å². The highest BCUT2D eigenvalue weighted by molar-refractivity contribution is 5.88. The highest BCUT2D eigenvalue weighted by atomic mass is 19.1. The molecule has 2 aliphatic rings. The molecular weight excluding hydrogens is 501 g/mol. The predicted octanol–water partition coefficient (Wildman–Crippen LogP) is 3.51. The molecule has 3 aromatic rings. The molecule has 1 atom stereocenters.